The van der Waals surface area contributed by atoms with E-state index in [4.69, 9.17) is 14.2 Å². The molecule has 2 aromatic carbocycles. The van der Waals surface area contributed by atoms with Gasteiger partial charge in [-0.1, -0.05) is 24.3 Å². The lowest BCUT2D eigenvalue weighted by Crippen LogP contribution is -2.18. The van der Waals surface area contributed by atoms with Crippen LogP contribution in [0.15, 0.2) is 42.5 Å². The smallest absolute Gasteiger partial charge is 0.231 e. The highest BCUT2D eigenvalue weighted by molar-refractivity contribution is 5.48. The van der Waals surface area contributed by atoms with Gasteiger partial charge in [0.1, 0.15) is 5.75 Å². The van der Waals surface area contributed by atoms with E-state index < -0.39 is 0 Å². The Morgan fingerprint density at radius 1 is 1.14 bits per heavy atom. The van der Waals surface area contributed by atoms with Gasteiger partial charge >= 0.3 is 0 Å². The highest BCUT2D eigenvalue weighted by Gasteiger charge is 2.17. The Balaban J connectivity index is 1.65. The quantitative estimate of drug-likeness (QED) is 0.915. The lowest BCUT2D eigenvalue weighted by atomic mass is 10.1. The molecule has 1 aliphatic rings. The number of rotatable bonds is 5. The Kier molecular flexibility index (Phi) is 3.97. The largest absolute Gasteiger partial charge is 0.497 e. The van der Waals surface area contributed by atoms with E-state index in [0.29, 0.717) is 6.79 Å². The molecule has 3 rings (SSSR count). The number of hydrogen-bond acceptors (Lipinski definition) is 4. The molecule has 0 unspecified atom stereocenters. The molecular formula is C17H19NO3. The molecule has 0 radical (unpaired) electrons. The molecule has 0 spiro atoms. The van der Waals surface area contributed by atoms with Gasteiger partial charge in [-0.15, -0.1) is 0 Å². The lowest BCUT2D eigenvalue weighted by Gasteiger charge is -2.15. The maximum atomic E-state index is 5.52. The van der Waals surface area contributed by atoms with Crippen molar-refractivity contribution >= 4 is 0 Å². The summed E-state index contributed by atoms with van der Waals surface area (Å²) in [5.41, 5.74) is 2.34. The van der Waals surface area contributed by atoms with E-state index in [0.717, 1.165) is 29.4 Å². The Hall–Kier alpha value is -2.20. The summed E-state index contributed by atoms with van der Waals surface area (Å²) in [7, 11) is 1.68. The number of para-hydroxylation sites is 1. The maximum absolute atomic E-state index is 5.52. The number of hydrogen-bond donors (Lipinski definition) is 1. The van der Waals surface area contributed by atoms with Crippen molar-refractivity contribution in [2.24, 2.45) is 0 Å². The first kappa shape index (κ1) is 13.8. The summed E-state index contributed by atoms with van der Waals surface area (Å²) in [6, 6.07) is 14.3. The second-order valence-electron chi connectivity index (χ2n) is 5.03. The van der Waals surface area contributed by atoms with Gasteiger partial charge in [-0.25, -0.2) is 0 Å². The van der Waals surface area contributed by atoms with Crippen molar-refractivity contribution in [1.82, 2.24) is 5.32 Å². The number of nitrogens with one attached hydrogen (secondary N) is 1. The Labute approximate surface area is 124 Å². The van der Waals surface area contributed by atoms with Crippen molar-refractivity contribution in [3.8, 4) is 17.2 Å². The second-order valence-corrected chi connectivity index (χ2v) is 5.03. The molecular weight excluding hydrogens is 266 g/mol. The normalized spacial score (nSPS) is 14.0. The fourth-order valence-electron chi connectivity index (χ4n) is 2.40. The van der Waals surface area contributed by atoms with E-state index in [-0.39, 0.29) is 6.04 Å². The summed E-state index contributed by atoms with van der Waals surface area (Å²) in [6.45, 7) is 3.18. The third-order valence-electron chi connectivity index (χ3n) is 3.69. The fourth-order valence-corrected chi connectivity index (χ4v) is 2.40. The average Bonchev–Trinajstić information content (AvgIpc) is 3.02. The van der Waals surface area contributed by atoms with Crippen LogP contribution >= 0.6 is 0 Å². The van der Waals surface area contributed by atoms with E-state index in [2.05, 4.69) is 30.4 Å². The molecule has 1 atom stereocenters. The molecule has 1 aliphatic heterocycles. The van der Waals surface area contributed by atoms with Crippen LogP contribution in [0.5, 0.6) is 17.2 Å². The van der Waals surface area contributed by atoms with Crippen LogP contribution in [-0.2, 0) is 6.54 Å². The Morgan fingerprint density at radius 2 is 1.95 bits per heavy atom. The summed E-state index contributed by atoms with van der Waals surface area (Å²) in [6.07, 6.45) is 0. The van der Waals surface area contributed by atoms with Gasteiger partial charge in [0.05, 0.1) is 7.11 Å². The van der Waals surface area contributed by atoms with Gasteiger partial charge in [0, 0.05) is 18.2 Å². The van der Waals surface area contributed by atoms with Crippen molar-refractivity contribution in [2.75, 3.05) is 13.9 Å². The summed E-state index contributed by atoms with van der Waals surface area (Å²) >= 11 is 0. The predicted octanol–water partition coefficient (Wildman–Crippen LogP) is 3.27. The summed E-state index contributed by atoms with van der Waals surface area (Å²) in [5, 5.41) is 3.51. The van der Waals surface area contributed by atoms with E-state index in [9.17, 15) is 0 Å². The van der Waals surface area contributed by atoms with Gasteiger partial charge < -0.3 is 19.5 Å². The lowest BCUT2D eigenvalue weighted by molar-refractivity contribution is 0.173. The zero-order chi connectivity index (χ0) is 14.7. The van der Waals surface area contributed by atoms with Crippen LogP contribution in [0.25, 0.3) is 0 Å². The van der Waals surface area contributed by atoms with Crippen LogP contribution in [-0.4, -0.2) is 13.9 Å². The van der Waals surface area contributed by atoms with E-state index in [1.165, 1.54) is 5.56 Å². The van der Waals surface area contributed by atoms with Gasteiger partial charge in [0.2, 0.25) is 6.79 Å². The highest BCUT2D eigenvalue weighted by atomic mass is 16.7. The zero-order valence-electron chi connectivity index (χ0n) is 12.3. The third-order valence-corrected chi connectivity index (χ3v) is 3.69. The molecule has 0 aliphatic carbocycles. The van der Waals surface area contributed by atoms with Crippen molar-refractivity contribution in [2.45, 2.75) is 19.5 Å². The molecule has 4 heteroatoms. The van der Waals surface area contributed by atoms with Gasteiger partial charge in [-0.2, -0.15) is 0 Å². The summed E-state index contributed by atoms with van der Waals surface area (Å²) in [4.78, 5) is 0. The van der Waals surface area contributed by atoms with Crippen LogP contribution in [0.1, 0.15) is 24.1 Å². The minimum atomic E-state index is 0.245. The monoisotopic (exact) mass is 285 g/mol. The molecule has 0 saturated carbocycles. The van der Waals surface area contributed by atoms with E-state index in [1.54, 1.807) is 7.11 Å². The molecule has 110 valence electrons. The van der Waals surface area contributed by atoms with Crippen molar-refractivity contribution in [1.29, 1.82) is 0 Å². The Morgan fingerprint density at radius 3 is 2.71 bits per heavy atom. The maximum Gasteiger partial charge on any atom is 0.231 e. The van der Waals surface area contributed by atoms with Crippen LogP contribution in [0.3, 0.4) is 0 Å². The van der Waals surface area contributed by atoms with E-state index >= 15 is 0 Å². The minimum absolute atomic E-state index is 0.245. The number of benzene rings is 2. The fraction of sp³-hybridized carbons (Fsp3) is 0.294. The van der Waals surface area contributed by atoms with Crippen LogP contribution in [0.4, 0.5) is 0 Å². The second kappa shape index (κ2) is 6.06. The molecule has 1 heterocycles. The average molecular weight is 285 g/mol. The SMILES string of the molecule is COc1ccc([C@@H](C)NCc2cccc3c2OCO3)cc1. The molecule has 1 N–H and O–H groups in total. The van der Waals surface area contributed by atoms with Gasteiger partial charge in [-0.3, -0.25) is 0 Å². The predicted molar refractivity (Wildman–Crippen MR) is 80.8 cm³/mol. The van der Waals surface area contributed by atoms with Crippen LogP contribution < -0.4 is 19.5 Å². The molecule has 21 heavy (non-hydrogen) atoms. The Bertz CT molecular complexity index is 610. The first-order valence-electron chi connectivity index (χ1n) is 7.03. The minimum Gasteiger partial charge on any atom is -0.497 e. The molecule has 0 saturated heterocycles. The molecule has 4 nitrogen and oxygen atoms in total. The van der Waals surface area contributed by atoms with Gasteiger partial charge in [-0.05, 0) is 30.7 Å². The number of fused-ring (bicyclic) bond motifs is 1. The topological polar surface area (TPSA) is 39.7 Å². The first-order valence-corrected chi connectivity index (χ1v) is 7.03. The third kappa shape index (κ3) is 2.95. The standard InChI is InChI=1S/C17H19NO3/c1-12(13-6-8-15(19-2)9-7-13)18-10-14-4-3-5-16-17(14)21-11-20-16/h3-9,12,18H,10-11H2,1-2H3/t12-/m1/s1. The van der Waals surface area contributed by atoms with Crippen molar-refractivity contribution in [3.05, 3.63) is 53.6 Å². The number of methoxy groups -OCH3 is 1. The molecule has 2 aromatic rings. The van der Waals surface area contributed by atoms with Crippen molar-refractivity contribution < 1.29 is 14.2 Å². The molecule has 0 bridgehead atoms. The molecule has 0 aromatic heterocycles. The van der Waals surface area contributed by atoms with E-state index in [1.807, 2.05) is 24.3 Å². The van der Waals surface area contributed by atoms with Gasteiger partial charge in [0.25, 0.3) is 0 Å². The molecule has 0 fully saturated rings. The summed E-state index contributed by atoms with van der Waals surface area (Å²) < 4.78 is 16.1. The summed E-state index contributed by atoms with van der Waals surface area (Å²) in [5.74, 6) is 2.55. The first-order chi connectivity index (χ1) is 10.3. The van der Waals surface area contributed by atoms with Crippen LogP contribution in [0.2, 0.25) is 0 Å². The van der Waals surface area contributed by atoms with Crippen LogP contribution in [0, 0.1) is 0 Å². The van der Waals surface area contributed by atoms with Crippen molar-refractivity contribution in [3.63, 3.8) is 0 Å². The molecule has 0 amide bonds. The number of ether oxygens (including phenoxy) is 3. The highest BCUT2D eigenvalue weighted by Crippen LogP contribution is 2.35. The zero-order valence-corrected chi connectivity index (χ0v) is 12.3. The van der Waals surface area contributed by atoms with Gasteiger partial charge in [0.15, 0.2) is 11.5 Å².